The van der Waals surface area contributed by atoms with Crippen LogP contribution in [0.3, 0.4) is 0 Å². The van der Waals surface area contributed by atoms with Crippen LogP contribution in [0.5, 0.6) is 11.5 Å². The Kier molecular flexibility index (Phi) is 11.0. The summed E-state index contributed by atoms with van der Waals surface area (Å²) >= 11 is 0. The van der Waals surface area contributed by atoms with Gasteiger partial charge in [-0.2, -0.15) is 10.7 Å². The Morgan fingerprint density at radius 1 is 0.578 bits per heavy atom. The fourth-order valence-corrected chi connectivity index (χ4v) is 10.1. The van der Waals surface area contributed by atoms with Crippen LogP contribution in [0.2, 0.25) is 0 Å². The van der Waals surface area contributed by atoms with Crippen LogP contribution in [0.1, 0.15) is 105 Å². The zero-order valence-corrected chi connectivity index (χ0v) is 41.0. The summed E-state index contributed by atoms with van der Waals surface area (Å²) in [5, 5.41) is 2.28. The monoisotopic (exact) mass is 1020 g/mol. The first kappa shape index (κ1) is 43.9. The minimum absolute atomic E-state index is 0. The summed E-state index contributed by atoms with van der Waals surface area (Å²) in [5.41, 5.74) is 13.2. The molecule has 2 aliphatic heterocycles. The standard InChI is InChI=1S/C58H59N4O.Pt/c1-10-57(8,11-2)42-29-30-59-55(36-42)60-51-24-18-17-23-49(51)50-28-27-47(38-52(50)60)63-48-35-44(58(9,12-3)13-4)34-46(37-48)62-39-61(62,53-25-19-20-26-54(53)62)45-32-41(40-21-15-14-16-22-40)31-43(33-45)56(5,6)7;/h14-36,39H,10-13H2,1-9H3;/q-1;/t61-,62?;/m0./s1. The second kappa shape index (κ2) is 16.0. The molecule has 10 rings (SSSR count). The number of quaternary nitrogens is 2. The summed E-state index contributed by atoms with van der Waals surface area (Å²) in [6.07, 6.45) is 6.07. The third-order valence-corrected chi connectivity index (χ3v) is 15.1. The molecule has 2 atom stereocenters. The van der Waals surface area contributed by atoms with Crippen LogP contribution in [0.15, 0.2) is 140 Å². The molecule has 0 bridgehead atoms. The van der Waals surface area contributed by atoms with Crippen LogP contribution in [0.25, 0.3) is 38.8 Å². The third-order valence-electron chi connectivity index (χ3n) is 15.1. The molecule has 5 nitrogen and oxygen atoms in total. The number of rotatable bonds is 12. The van der Waals surface area contributed by atoms with E-state index >= 15 is 0 Å². The van der Waals surface area contributed by atoms with E-state index in [-0.39, 0.29) is 37.3 Å². The van der Waals surface area contributed by atoms with Crippen LogP contribution in [-0.2, 0) is 37.3 Å². The minimum Gasteiger partial charge on any atom is -0.509 e. The quantitative estimate of drug-likeness (QED) is 0.0693. The van der Waals surface area contributed by atoms with Crippen LogP contribution in [0.4, 0.5) is 22.7 Å². The number of aromatic nitrogens is 2. The van der Waals surface area contributed by atoms with Crippen molar-refractivity contribution < 1.29 is 25.8 Å². The molecule has 1 fully saturated rings. The fraction of sp³-hybridized carbons (Fsp3) is 0.276. The second-order valence-electron chi connectivity index (χ2n) is 19.5. The molecule has 0 aliphatic carbocycles. The Bertz CT molecular complexity index is 3050. The van der Waals surface area contributed by atoms with Gasteiger partial charge in [-0.1, -0.05) is 141 Å². The molecule has 328 valence electrons. The molecule has 2 aliphatic rings. The van der Waals surface area contributed by atoms with Gasteiger partial charge in [0.05, 0.1) is 5.69 Å². The fourth-order valence-electron chi connectivity index (χ4n) is 10.1. The van der Waals surface area contributed by atoms with Crippen LogP contribution in [-0.4, -0.2) is 9.55 Å². The zero-order chi connectivity index (χ0) is 43.9. The Balaban J connectivity index is 0.00000518. The molecule has 1 saturated heterocycles. The normalized spacial score (nSPS) is 18.0. The molecular formula is C58H59N4OPt-. The van der Waals surface area contributed by atoms with Crippen molar-refractivity contribution in [1.82, 2.24) is 18.7 Å². The van der Waals surface area contributed by atoms with Gasteiger partial charge in [-0.3, -0.25) is 0 Å². The summed E-state index contributed by atoms with van der Waals surface area (Å²) in [7, 11) is 0. The van der Waals surface area contributed by atoms with Gasteiger partial charge in [0, 0.05) is 68.5 Å². The summed E-state index contributed by atoms with van der Waals surface area (Å²) < 4.78 is 10.4. The maximum Gasteiger partial charge on any atom is 0.225 e. The van der Waals surface area contributed by atoms with Crippen molar-refractivity contribution in [1.29, 1.82) is 0 Å². The summed E-state index contributed by atoms with van der Waals surface area (Å²) in [6, 6.07) is 56.5. The molecule has 0 N–H and O–H groups in total. The molecule has 1 unspecified atom stereocenters. The topological polar surface area (TPSA) is 27.1 Å². The SMILES string of the molecule is CCC(C)(CC)c1cc(Oc2[c-]c3c(cc2)c2ccccc2n3-c2cc(C(C)(CC)CC)ccn2)[c-]c([N+]23[CH-][N@+]2(c2cc(-c4ccccc4)cc(C(C)(C)C)c2)c2ccccc23)c1.[Pt]. The maximum absolute atomic E-state index is 7.03. The number of pyridine rings is 1. The number of hydrogen-bond acceptors (Lipinski definition) is 2. The van der Waals surface area contributed by atoms with Gasteiger partial charge in [-0.05, 0) is 87.8 Å². The van der Waals surface area contributed by atoms with Gasteiger partial charge < -0.3 is 9.30 Å². The molecule has 0 saturated carbocycles. The number of nitrogens with zero attached hydrogens (tertiary/aromatic N) is 4. The average molecular weight is 1020 g/mol. The number of benzene rings is 6. The molecule has 64 heavy (non-hydrogen) atoms. The van der Waals surface area contributed by atoms with E-state index in [1.165, 1.54) is 44.9 Å². The number of para-hydroxylation sites is 3. The first-order chi connectivity index (χ1) is 30.3. The molecular weight excluding hydrogens is 964 g/mol. The van der Waals surface area contributed by atoms with E-state index in [2.05, 4.69) is 219 Å². The van der Waals surface area contributed by atoms with Crippen LogP contribution >= 0.6 is 0 Å². The minimum atomic E-state index is -0.0643. The first-order valence-corrected chi connectivity index (χ1v) is 23.0. The summed E-state index contributed by atoms with van der Waals surface area (Å²) in [6.45, 7) is 23.3. The molecule has 6 heteroatoms. The van der Waals surface area contributed by atoms with E-state index in [0.717, 1.165) is 59.0 Å². The summed E-state index contributed by atoms with van der Waals surface area (Å²) in [5.74, 6) is 2.23. The van der Waals surface area contributed by atoms with E-state index < -0.39 is 0 Å². The van der Waals surface area contributed by atoms with E-state index in [1.54, 1.807) is 0 Å². The van der Waals surface area contributed by atoms with Crippen molar-refractivity contribution in [3.63, 3.8) is 0 Å². The van der Waals surface area contributed by atoms with Gasteiger partial charge in [0.15, 0.2) is 12.4 Å². The van der Waals surface area contributed by atoms with Gasteiger partial charge in [-0.15, -0.1) is 35.2 Å². The van der Waals surface area contributed by atoms with Gasteiger partial charge in [0.25, 0.3) is 0 Å². The van der Waals surface area contributed by atoms with Gasteiger partial charge in [0.1, 0.15) is 5.82 Å². The molecule has 0 radical (unpaired) electrons. The summed E-state index contributed by atoms with van der Waals surface area (Å²) in [4.78, 5) is 4.97. The Labute approximate surface area is 394 Å². The molecule has 2 aromatic heterocycles. The Hall–Kier alpha value is -5.32. The van der Waals surface area contributed by atoms with E-state index in [1.807, 2.05) is 6.20 Å². The van der Waals surface area contributed by atoms with Gasteiger partial charge in [0.2, 0.25) is 11.4 Å². The van der Waals surface area contributed by atoms with Crippen molar-refractivity contribution in [2.75, 3.05) is 0 Å². The number of fused-ring (bicyclic) bond motifs is 7. The van der Waals surface area contributed by atoms with Gasteiger partial charge >= 0.3 is 0 Å². The molecule has 6 aromatic carbocycles. The largest absolute Gasteiger partial charge is 0.509 e. The third kappa shape index (κ3) is 6.64. The molecule has 0 spiro atoms. The number of hydrogen-bond donors (Lipinski definition) is 0. The molecule has 4 heterocycles. The molecule has 8 aromatic rings. The van der Waals surface area contributed by atoms with Crippen molar-refractivity contribution in [2.45, 2.75) is 104 Å². The van der Waals surface area contributed by atoms with Crippen LogP contribution in [0, 0.1) is 18.8 Å². The van der Waals surface area contributed by atoms with Crippen molar-refractivity contribution in [2.24, 2.45) is 0 Å². The van der Waals surface area contributed by atoms with Crippen LogP contribution < -0.4 is 13.9 Å². The van der Waals surface area contributed by atoms with Crippen molar-refractivity contribution >= 4 is 44.6 Å². The predicted molar refractivity (Wildman–Crippen MR) is 263 cm³/mol. The molecule has 0 amide bonds. The zero-order valence-electron chi connectivity index (χ0n) is 38.7. The number of ether oxygens (including phenoxy) is 1. The van der Waals surface area contributed by atoms with E-state index in [9.17, 15) is 0 Å². The van der Waals surface area contributed by atoms with Crippen molar-refractivity contribution in [3.8, 4) is 28.4 Å². The smallest absolute Gasteiger partial charge is 0.225 e. The first-order valence-electron chi connectivity index (χ1n) is 23.0. The maximum atomic E-state index is 7.03. The Morgan fingerprint density at radius 2 is 1.23 bits per heavy atom. The van der Waals surface area contributed by atoms with E-state index in [0.29, 0.717) is 20.7 Å². The second-order valence-corrected chi connectivity index (χ2v) is 19.5. The average Bonchev–Trinajstić information content (AvgIpc) is 3.81. The van der Waals surface area contributed by atoms with Gasteiger partial charge in [-0.25, -0.2) is 9.58 Å². The predicted octanol–water partition coefficient (Wildman–Crippen LogP) is 16.0. The van der Waals surface area contributed by atoms with Crippen molar-refractivity contribution in [3.05, 3.63) is 175 Å². The van der Waals surface area contributed by atoms with E-state index in [4.69, 9.17) is 9.72 Å². The Morgan fingerprint density at radius 3 is 1.94 bits per heavy atom.